The van der Waals surface area contributed by atoms with Gasteiger partial charge in [-0.15, -0.1) is 11.8 Å². The first-order valence-electron chi connectivity index (χ1n) is 8.90. The molecule has 1 N–H and O–H groups in total. The van der Waals surface area contributed by atoms with Gasteiger partial charge in [0.05, 0.1) is 23.1 Å². The van der Waals surface area contributed by atoms with Crippen LogP contribution in [0.3, 0.4) is 0 Å². The highest BCUT2D eigenvalue weighted by molar-refractivity contribution is 7.99. The number of hydrogen-bond acceptors (Lipinski definition) is 5. The molecule has 0 aliphatic carbocycles. The van der Waals surface area contributed by atoms with Crippen LogP contribution >= 0.6 is 11.8 Å². The molecule has 2 rings (SSSR count). The summed E-state index contributed by atoms with van der Waals surface area (Å²) < 4.78 is 5.28. The van der Waals surface area contributed by atoms with Crippen LogP contribution in [0, 0.1) is 45.9 Å². The van der Waals surface area contributed by atoms with Gasteiger partial charge in [0.2, 0.25) is 0 Å². The van der Waals surface area contributed by atoms with Crippen LogP contribution in [0.5, 0.6) is 0 Å². The van der Waals surface area contributed by atoms with E-state index < -0.39 is 11.9 Å². The molecule has 0 unspecified atom stereocenters. The minimum absolute atomic E-state index is 0.284. The summed E-state index contributed by atoms with van der Waals surface area (Å²) in [6.07, 6.45) is 0. The number of nitrogens with one attached hydrogen (secondary N) is 1. The van der Waals surface area contributed by atoms with E-state index in [0.29, 0.717) is 11.3 Å². The van der Waals surface area contributed by atoms with Crippen molar-refractivity contribution in [3.8, 4) is 6.07 Å². The Morgan fingerprint density at radius 3 is 2.18 bits per heavy atom. The summed E-state index contributed by atoms with van der Waals surface area (Å²) in [7, 11) is 0. The zero-order valence-electron chi connectivity index (χ0n) is 16.8. The summed E-state index contributed by atoms with van der Waals surface area (Å²) in [6, 6.07) is 9.27. The van der Waals surface area contributed by atoms with Crippen molar-refractivity contribution in [3.05, 3.63) is 57.6 Å². The Morgan fingerprint density at radius 2 is 1.57 bits per heavy atom. The molecule has 0 aliphatic rings. The molecule has 0 saturated carbocycles. The number of esters is 1. The molecule has 0 bridgehead atoms. The molecule has 0 atom stereocenters. The quantitative estimate of drug-likeness (QED) is 0.568. The molecule has 28 heavy (non-hydrogen) atoms. The molecular formula is C22H24N2O3S. The highest BCUT2D eigenvalue weighted by atomic mass is 32.2. The lowest BCUT2D eigenvalue weighted by Crippen LogP contribution is -2.22. The molecule has 0 aromatic heterocycles. The second-order valence-electron chi connectivity index (χ2n) is 6.57. The molecule has 2 aromatic rings. The Balaban J connectivity index is 2.09. The van der Waals surface area contributed by atoms with Gasteiger partial charge in [-0.1, -0.05) is 12.1 Å². The van der Waals surface area contributed by atoms with Crippen molar-refractivity contribution in [3.63, 3.8) is 0 Å². The number of hydrogen-bond donors (Lipinski definition) is 1. The molecule has 0 spiro atoms. The topological polar surface area (TPSA) is 79.2 Å². The maximum absolute atomic E-state index is 12.6. The van der Waals surface area contributed by atoms with Gasteiger partial charge < -0.3 is 10.1 Å². The van der Waals surface area contributed by atoms with E-state index in [-0.39, 0.29) is 12.4 Å². The van der Waals surface area contributed by atoms with Gasteiger partial charge in [-0.25, -0.2) is 4.79 Å². The van der Waals surface area contributed by atoms with Gasteiger partial charge >= 0.3 is 5.97 Å². The lowest BCUT2D eigenvalue weighted by molar-refractivity contribution is -0.119. The van der Waals surface area contributed by atoms with Gasteiger partial charge in [-0.2, -0.15) is 5.26 Å². The van der Waals surface area contributed by atoms with Crippen LogP contribution in [0.15, 0.2) is 29.2 Å². The van der Waals surface area contributed by atoms with E-state index in [1.165, 1.54) is 11.8 Å². The summed E-state index contributed by atoms with van der Waals surface area (Å²) in [5, 5.41) is 11.5. The first-order chi connectivity index (χ1) is 13.3. The van der Waals surface area contributed by atoms with Crippen molar-refractivity contribution in [2.45, 2.75) is 39.5 Å². The number of benzene rings is 2. The summed E-state index contributed by atoms with van der Waals surface area (Å²) in [6.45, 7) is 9.42. The number of anilines is 1. The minimum atomic E-state index is -0.497. The second kappa shape index (κ2) is 9.43. The van der Waals surface area contributed by atoms with E-state index in [1.807, 2.05) is 46.8 Å². The predicted molar refractivity (Wildman–Crippen MR) is 112 cm³/mol. The Morgan fingerprint density at radius 1 is 1.00 bits per heavy atom. The van der Waals surface area contributed by atoms with E-state index in [0.717, 1.165) is 32.7 Å². The SMILES string of the molecule is Cc1c(C)c(C)c(C(=O)OCC(=O)Nc2ccccc2SCC#N)c(C)c1C. The Kier molecular flexibility index (Phi) is 7.24. The zero-order valence-corrected chi connectivity index (χ0v) is 17.6. The fraction of sp³-hybridized carbons (Fsp3) is 0.318. The molecule has 5 nitrogen and oxygen atoms in total. The van der Waals surface area contributed by atoms with Crippen LogP contribution in [0.2, 0.25) is 0 Å². The number of para-hydroxylation sites is 1. The molecule has 6 heteroatoms. The van der Waals surface area contributed by atoms with Gasteiger partial charge in [0.15, 0.2) is 6.61 Å². The lowest BCUT2D eigenvalue weighted by Gasteiger charge is -2.17. The van der Waals surface area contributed by atoms with Crippen molar-refractivity contribution < 1.29 is 14.3 Å². The standard InChI is InChI=1S/C22H24N2O3S/c1-13-14(2)16(4)21(17(5)15(13)3)22(26)27-12-20(25)24-18-8-6-7-9-19(18)28-11-10-23/h6-9H,11-12H2,1-5H3,(H,24,25). The highest BCUT2D eigenvalue weighted by Gasteiger charge is 2.20. The monoisotopic (exact) mass is 396 g/mol. The number of amides is 1. The van der Waals surface area contributed by atoms with Gasteiger partial charge in [0, 0.05) is 4.90 Å². The largest absolute Gasteiger partial charge is 0.452 e. The van der Waals surface area contributed by atoms with E-state index in [4.69, 9.17) is 10.00 Å². The van der Waals surface area contributed by atoms with Crippen LogP contribution in [-0.2, 0) is 9.53 Å². The van der Waals surface area contributed by atoms with Gasteiger partial charge in [-0.05, 0) is 74.6 Å². The molecule has 0 heterocycles. The van der Waals surface area contributed by atoms with Crippen molar-refractivity contribution in [2.75, 3.05) is 17.7 Å². The third-order valence-electron chi connectivity index (χ3n) is 4.99. The third kappa shape index (κ3) is 4.73. The van der Waals surface area contributed by atoms with Gasteiger partial charge in [-0.3, -0.25) is 4.79 Å². The molecule has 0 fully saturated rings. The maximum atomic E-state index is 12.6. The van der Waals surface area contributed by atoms with Crippen LogP contribution in [0.4, 0.5) is 5.69 Å². The molecule has 146 valence electrons. The van der Waals surface area contributed by atoms with Crippen molar-refractivity contribution in [2.24, 2.45) is 0 Å². The third-order valence-corrected chi connectivity index (χ3v) is 5.93. The van der Waals surface area contributed by atoms with Crippen molar-refractivity contribution in [1.29, 1.82) is 5.26 Å². The van der Waals surface area contributed by atoms with Gasteiger partial charge in [0.1, 0.15) is 0 Å². The minimum Gasteiger partial charge on any atom is -0.452 e. The number of ether oxygens (including phenoxy) is 1. The van der Waals surface area contributed by atoms with Crippen LogP contribution in [0.1, 0.15) is 38.2 Å². The average Bonchev–Trinajstić information content (AvgIpc) is 2.68. The Hall–Kier alpha value is -2.78. The number of carbonyl (C=O) groups is 2. The zero-order chi connectivity index (χ0) is 20.8. The second-order valence-corrected chi connectivity index (χ2v) is 7.58. The summed E-state index contributed by atoms with van der Waals surface area (Å²) in [4.78, 5) is 25.7. The normalized spacial score (nSPS) is 10.3. The number of nitriles is 1. The molecule has 0 aliphatic heterocycles. The number of rotatable bonds is 6. The number of nitrogens with zero attached hydrogens (tertiary/aromatic N) is 1. The van der Waals surface area contributed by atoms with Crippen LogP contribution < -0.4 is 5.32 Å². The first-order valence-corrected chi connectivity index (χ1v) is 9.89. The molecule has 1 amide bonds. The van der Waals surface area contributed by atoms with E-state index >= 15 is 0 Å². The average molecular weight is 397 g/mol. The maximum Gasteiger partial charge on any atom is 0.339 e. The first kappa shape index (κ1) is 21.5. The van der Waals surface area contributed by atoms with Gasteiger partial charge in [0.25, 0.3) is 5.91 Å². The van der Waals surface area contributed by atoms with Crippen molar-refractivity contribution >= 4 is 29.3 Å². The van der Waals surface area contributed by atoms with Crippen molar-refractivity contribution in [1.82, 2.24) is 0 Å². The Bertz CT molecular complexity index is 932. The predicted octanol–water partition coefficient (Wildman–Crippen LogP) is 4.64. The molecule has 0 saturated heterocycles. The number of thioether (sulfide) groups is 1. The molecule has 0 radical (unpaired) electrons. The lowest BCUT2D eigenvalue weighted by atomic mass is 9.90. The molecular weight excluding hydrogens is 372 g/mol. The summed E-state index contributed by atoms with van der Waals surface area (Å²) in [5.41, 5.74) is 6.16. The molecule has 2 aromatic carbocycles. The highest BCUT2D eigenvalue weighted by Crippen LogP contribution is 2.28. The fourth-order valence-corrected chi connectivity index (χ4v) is 3.67. The van der Waals surface area contributed by atoms with E-state index in [1.54, 1.807) is 12.1 Å². The summed E-state index contributed by atoms with van der Waals surface area (Å²) >= 11 is 1.34. The number of carbonyl (C=O) groups excluding carboxylic acids is 2. The van der Waals surface area contributed by atoms with E-state index in [2.05, 4.69) is 11.4 Å². The van der Waals surface area contributed by atoms with Crippen LogP contribution in [-0.4, -0.2) is 24.2 Å². The smallest absolute Gasteiger partial charge is 0.339 e. The summed E-state index contributed by atoms with van der Waals surface area (Å²) in [5.74, 6) is -0.635. The van der Waals surface area contributed by atoms with E-state index in [9.17, 15) is 9.59 Å². The van der Waals surface area contributed by atoms with Crippen LogP contribution in [0.25, 0.3) is 0 Å². The fourth-order valence-electron chi connectivity index (χ4n) is 3.00. The Labute approximate surface area is 170 Å².